The van der Waals surface area contributed by atoms with Crippen molar-refractivity contribution in [1.82, 2.24) is 14.5 Å². The Morgan fingerprint density at radius 3 is 2.96 bits per heavy atom. The minimum absolute atomic E-state index is 0.376. The molecule has 1 aliphatic rings. The molecular weight excluding hydrogens is 322 g/mol. The van der Waals surface area contributed by atoms with Crippen LogP contribution in [0.25, 0.3) is 0 Å². The third-order valence-corrected chi connectivity index (χ3v) is 5.34. The summed E-state index contributed by atoms with van der Waals surface area (Å²) in [6, 6.07) is 4.07. The summed E-state index contributed by atoms with van der Waals surface area (Å²) in [5.41, 5.74) is 2.51. The van der Waals surface area contributed by atoms with Gasteiger partial charge in [0, 0.05) is 49.6 Å². The number of hydrogen-bond donors (Lipinski definition) is 1. The summed E-state index contributed by atoms with van der Waals surface area (Å²) in [7, 11) is 2.12. The molecule has 0 radical (unpaired) electrons. The fourth-order valence-electron chi connectivity index (χ4n) is 3.32. The number of thiophene rings is 1. The van der Waals surface area contributed by atoms with Gasteiger partial charge in [-0.1, -0.05) is 19.9 Å². The second-order valence-electron chi connectivity index (χ2n) is 6.81. The lowest BCUT2D eigenvalue weighted by molar-refractivity contribution is 0.00820. The van der Waals surface area contributed by atoms with Gasteiger partial charge in [-0.3, -0.25) is 4.90 Å². The Bertz CT molecular complexity index is 652. The van der Waals surface area contributed by atoms with Crippen LogP contribution in [0.2, 0.25) is 0 Å². The molecule has 6 heteroatoms. The van der Waals surface area contributed by atoms with Gasteiger partial charge < -0.3 is 14.4 Å². The lowest BCUT2D eigenvalue weighted by Gasteiger charge is -2.28. The van der Waals surface area contributed by atoms with Crippen molar-refractivity contribution in [3.8, 4) is 0 Å². The number of aromatic nitrogens is 2. The first-order chi connectivity index (χ1) is 11.5. The Kier molecular flexibility index (Phi) is 5.71. The molecule has 2 aromatic rings. The van der Waals surface area contributed by atoms with E-state index in [1.807, 2.05) is 11.4 Å². The standard InChI is InChI=1S/C18H27N3O2S/c1-13(2)18-19-16-10-21(7-6-17(16)20(18)3)9-14(22)11-23-12-15-5-4-8-24-15/h4-5,8,13-14,22H,6-7,9-12H2,1-3H3/t14-/m1/s1. The molecule has 24 heavy (non-hydrogen) atoms. The van der Waals surface area contributed by atoms with Crippen molar-refractivity contribution >= 4 is 11.3 Å². The SMILES string of the molecule is CC(C)c1nc2c(n1C)CCN(C[C@@H](O)COCc1cccs1)C2. The zero-order valence-electron chi connectivity index (χ0n) is 14.7. The Balaban J connectivity index is 1.49. The van der Waals surface area contributed by atoms with Crippen LogP contribution < -0.4 is 0 Å². The highest BCUT2D eigenvalue weighted by molar-refractivity contribution is 7.09. The maximum Gasteiger partial charge on any atom is 0.111 e. The monoisotopic (exact) mass is 349 g/mol. The second-order valence-corrected chi connectivity index (χ2v) is 7.84. The Labute approximate surface area is 147 Å². The summed E-state index contributed by atoms with van der Waals surface area (Å²) in [4.78, 5) is 8.28. The third-order valence-electron chi connectivity index (χ3n) is 4.49. The first-order valence-corrected chi connectivity index (χ1v) is 9.47. The molecule has 1 N–H and O–H groups in total. The number of hydrogen-bond acceptors (Lipinski definition) is 5. The van der Waals surface area contributed by atoms with Crippen LogP contribution in [-0.2, 0) is 31.4 Å². The molecule has 1 aliphatic heterocycles. The van der Waals surface area contributed by atoms with E-state index in [1.54, 1.807) is 11.3 Å². The number of ether oxygens (including phenoxy) is 1. The van der Waals surface area contributed by atoms with E-state index in [9.17, 15) is 5.11 Å². The second kappa shape index (κ2) is 7.78. The summed E-state index contributed by atoms with van der Waals surface area (Å²) < 4.78 is 7.87. The fraction of sp³-hybridized carbons (Fsp3) is 0.611. The third kappa shape index (κ3) is 4.06. The van der Waals surface area contributed by atoms with Crippen LogP contribution in [0.5, 0.6) is 0 Å². The number of fused-ring (bicyclic) bond motifs is 1. The summed E-state index contributed by atoms with van der Waals surface area (Å²) in [6.07, 6.45) is 0.536. The largest absolute Gasteiger partial charge is 0.389 e. The number of aliphatic hydroxyl groups excluding tert-OH is 1. The molecule has 3 heterocycles. The molecular formula is C18H27N3O2S. The maximum absolute atomic E-state index is 10.2. The van der Waals surface area contributed by atoms with Gasteiger partial charge >= 0.3 is 0 Å². The van der Waals surface area contributed by atoms with E-state index in [0.29, 0.717) is 25.7 Å². The predicted molar refractivity (Wildman–Crippen MR) is 96.3 cm³/mol. The first kappa shape index (κ1) is 17.6. The van der Waals surface area contributed by atoms with Crippen LogP contribution in [-0.4, -0.2) is 45.4 Å². The first-order valence-electron chi connectivity index (χ1n) is 8.59. The number of nitrogens with zero attached hydrogens (tertiary/aromatic N) is 3. The van der Waals surface area contributed by atoms with Gasteiger partial charge in [0.1, 0.15) is 5.82 Å². The van der Waals surface area contributed by atoms with E-state index < -0.39 is 6.10 Å². The van der Waals surface area contributed by atoms with Gasteiger partial charge in [-0.2, -0.15) is 0 Å². The van der Waals surface area contributed by atoms with Crippen LogP contribution in [0, 0.1) is 0 Å². The molecule has 5 nitrogen and oxygen atoms in total. The molecule has 0 aromatic carbocycles. The van der Waals surface area contributed by atoms with E-state index in [1.165, 1.54) is 16.3 Å². The highest BCUT2D eigenvalue weighted by atomic mass is 32.1. The quantitative estimate of drug-likeness (QED) is 0.835. The zero-order chi connectivity index (χ0) is 17.1. The van der Waals surface area contributed by atoms with Crippen molar-refractivity contribution in [2.75, 3.05) is 19.7 Å². The summed E-state index contributed by atoms with van der Waals surface area (Å²) in [5, 5.41) is 12.3. The topological polar surface area (TPSA) is 50.5 Å². The number of aliphatic hydroxyl groups is 1. The molecule has 0 bridgehead atoms. The maximum atomic E-state index is 10.2. The number of rotatable bonds is 7. The van der Waals surface area contributed by atoms with Crippen molar-refractivity contribution < 1.29 is 9.84 Å². The van der Waals surface area contributed by atoms with Crippen LogP contribution in [0.15, 0.2) is 17.5 Å². The van der Waals surface area contributed by atoms with Gasteiger partial charge in [0.15, 0.2) is 0 Å². The molecule has 2 aromatic heterocycles. The van der Waals surface area contributed by atoms with E-state index in [0.717, 1.165) is 25.3 Å². The van der Waals surface area contributed by atoms with E-state index in [-0.39, 0.29) is 0 Å². The predicted octanol–water partition coefficient (Wildman–Crippen LogP) is 2.54. The van der Waals surface area contributed by atoms with Crippen molar-refractivity contribution in [3.63, 3.8) is 0 Å². The highest BCUT2D eigenvalue weighted by Crippen LogP contribution is 2.23. The molecule has 0 saturated carbocycles. The summed E-state index contributed by atoms with van der Waals surface area (Å²) in [6.45, 7) is 7.74. The highest BCUT2D eigenvalue weighted by Gasteiger charge is 2.24. The van der Waals surface area contributed by atoms with E-state index in [2.05, 4.69) is 36.4 Å². The molecule has 132 valence electrons. The minimum Gasteiger partial charge on any atom is -0.389 e. The molecule has 0 amide bonds. The van der Waals surface area contributed by atoms with Crippen molar-refractivity contribution in [1.29, 1.82) is 0 Å². The molecule has 0 spiro atoms. The molecule has 0 fully saturated rings. The average molecular weight is 350 g/mol. The number of imidazole rings is 1. The van der Waals surface area contributed by atoms with Gasteiger partial charge in [0.2, 0.25) is 0 Å². The molecule has 0 saturated heterocycles. The van der Waals surface area contributed by atoms with Crippen molar-refractivity contribution in [2.45, 2.75) is 45.4 Å². The average Bonchev–Trinajstić information content (AvgIpc) is 3.15. The van der Waals surface area contributed by atoms with Crippen molar-refractivity contribution in [2.24, 2.45) is 7.05 Å². The Morgan fingerprint density at radius 2 is 2.25 bits per heavy atom. The van der Waals surface area contributed by atoms with Gasteiger partial charge in [-0.05, 0) is 11.4 Å². The number of β-amino-alcohol motifs (C(OH)–C–C–N with tert-alkyl or cyclic N) is 1. The molecule has 0 aliphatic carbocycles. The van der Waals surface area contributed by atoms with Gasteiger partial charge in [0.05, 0.1) is 25.0 Å². The van der Waals surface area contributed by atoms with Gasteiger partial charge in [0.25, 0.3) is 0 Å². The lowest BCUT2D eigenvalue weighted by Crippen LogP contribution is -2.38. The van der Waals surface area contributed by atoms with Crippen LogP contribution >= 0.6 is 11.3 Å². The van der Waals surface area contributed by atoms with Crippen molar-refractivity contribution in [3.05, 3.63) is 39.6 Å². The minimum atomic E-state index is -0.459. The Hall–Kier alpha value is -1.21. The van der Waals surface area contributed by atoms with Crippen LogP contribution in [0.4, 0.5) is 0 Å². The zero-order valence-corrected chi connectivity index (χ0v) is 15.6. The lowest BCUT2D eigenvalue weighted by atomic mass is 10.1. The van der Waals surface area contributed by atoms with Crippen LogP contribution in [0.1, 0.15) is 41.9 Å². The van der Waals surface area contributed by atoms with E-state index in [4.69, 9.17) is 9.72 Å². The smallest absolute Gasteiger partial charge is 0.111 e. The normalized spacial score (nSPS) is 16.5. The summed E-state index contributed by atoms with van der Waals surface area (Å²) >= 11 is 1.68. The summed E-state index contributed by atoms with van der Waals surface area (Å²) in [5.74, 6) is 1.59. The van der Waals surface area contributed by atoms with Gasteiger partial charge in [-0.15, -0.1) is 11.3 Å². The fourth-order valence-corrected chi connectivity index (χ4v) is 3.96. The van der Waals surface area contributed by atoms with E-state index >= 15 is 0 Å². The van der Waals surface area contributed by atoms with Crippen LogP contribution in [0.3, 0.4) is 0 Å². The molecule has 1 atom stereocenters. The van der Waals surface area contributed by atoms with Gasteiger partial charge in [-0.25, -0.2) is 4.98 Å². The molecule has 0 unspecified atom stereocenters. The molecule has 3 rings (SSSR count). The Morgan fingerprint density at radius 1 is 1.42 bits per heavy atom.